The fourth-order valence-electron chi connectivity index (χ4n) is 8.20. The van der Waals surface area contributed by atoms with Crippen molar-refractivity contribution in [3.8, 4) is 22.3 Å². The molecule has 2 heterocycles. The number of hydrogen-bond donors (Lipinski definition) is 0. The Morgan fingerprint density at radius 1 is 0.340 bits per heavy atom. The van der Waals surface area contributed by atoms with Gasteiger partial charge in [0.1, 0.15) is 22.3 Å². The van der Waals surface area contributed by atoms with Crippen LogP contribution in [0.4, 0.5) is 17.1 Å². The Kier molecular flexibility index (Phi) is 6.55. The van der Waals surface area contributed by atoms with Crippen LogP contribution in [0.25, 0.3) is 87.7 Å². The van der Waals surface area contributed by atoms with Crippen LogP contribution in [0.2, 0.25) is 0 Å². The predicted octanol–water partition coefficient (Wildman–Crippen LogP) is 14.6. The van der Waals surface area contributed by atoms with Gasteiger partial charge in [-0.05, 0) is 104 Å². The molecule has 11 aromatic rings. The molecule has 9 aromatic carbocycles. The lowest BCUT2D eigenvalue weighted by Gasteiger charge is -2.26. The fraction of sp³-hybridized carbons (Fsp3) is 0. The van der Waals surface area contributed by atoms with Gasteiger partial charge < -0.3 is 13.7 Å². The van der Waals surface area contributed by atoms with E-state index in [1.54, 1.807) is 0 Å². The molecule has 0 atom stereocenters. The van der Waals surface area contributed by atoms with Crippen molar-refractivity contribution in [2.45, 2.75) is 0 Å². The molecule has 0 bridgehead atoms. The minimum absolute atomic E-state index is 0.803. The molecule has 248 valence electrons. The number of rotatable bonds is 5. The monoisotopic (exact) mass is 677 g/mol. The zero-order valence-corrected chi connectivity index (χ0v) is 28.7. The molecule has 11 rings (SSSR count). The van der Waals surface area contributed by atoms with Crippen LogP contribution in [0.3, 0.4) is 0 Å². The summed E-state index contributed by atoms with van der Waals surface area (Å²) in [7, 11) is 0. The third-order valence-corrected chi connectivity index (χ3v) is 10.7. The first-order valence-electron chi connectivity index (χ1n) is 18.0. The number of benzene rings is 9. The SMILES string of the molecule is c1ccc(-c2ccc(N(c3ccc(-c4cc5ccccc5c5ccccc45)cc3)c3cccc4oc5ccc6c7ccccc7oc6c5c34)cc2)cc1. The van der Waals surface area contributed by atoms with Crippen LogP contribution in [0.15, 0.2) is 197 Å². The van der Waals surface area contributed by atoms with Crippen molar-refractivity contribution < 1.29 is 8.83 Å². The average Bonchev–Trinajstić information content (AvgIpc) is 3.81. The standard InChI is InChI=1S/C50H31NO2/c1-2-11-32(12-3-1)33-21-25-36(26-22-33)51(37-27-23-34(24-28-37)43-31-35-13-4-5-14-38(35)39-15-6-7-16-40(39)43)44-18-10-20-46-48(44)49-47(52-46)30-29-42-41-17-8-9-19-45(41)53-50(42)49/h1-31H. The van der Waals surface area contributed by atoms with E-state index in [4.69, 9.17) is 8.83 Å². The number of para-hydroxylation sites is 1. The highest BCUT2D eigenvalue weighted by Gasteiger charge is 2.23. The molecule has 3 heteroatoms. The molecule has 0 aliphatic rings. The summed E-state index contributed by atoms with van der Waals surface area (Å²) >= 11 is 0. The Bertz CT molecular complexity index is 3150. The molecule has 0 saturated heterocycles. The minimum atomic E-state index is 0.803. The van der Waals surface area contributed by atoms with Crippen molar-refractivity contribution in [3.05, 3.63) is 188 Å². The Balaban J connectivity index is 1.13. The van der Waals surface area contributed by atoms with Gasteiger partial charge in [0.2, 0.25) is 0 Å². The van der Waals surface area contributed by atoms with Gasteiger partial charge in [-0.1, -0.05) is 127 Å². The average molecular weight is 678 g/mol. The molecule has 3 nitrogen and oxygen atoms in total. The second kappa shape index (κ2) is 11.7. The second-order valence-electron chi connectivity index (χ2n) is 13.7. The van der Waals surface area contributed by atoms with Crippen molar-refractivity contribution in [1.29, 1.82) is 0 Å². The van der Waals surface area contributed by atoms with E-state index >= 15 is 0 Å². The van der Waals surface area contributed by atoms with E-state index in [2.05, 4.69) is 181 Å². The summed E-state index contributed by atoms with van der Waals surface area (Å²) in [6, 6.07) is 66.8. The minimum Gasteiger partial charge on any atom is -0.456 e. The third kappa shape index (κ3) is 4.68. The summed E-state index contributed by atoms with van der Waals surface area (Å²) in [5.41, 5.74) is 11.2. The fourth-order valence-corrected chi connectivity index (χ4v) is 8.20. The molecule has 53 heavy (non-hydrogen) atoms. The van der Waals surface area contributed by atoms with Gasteiger partial charge >= 0.3 is 0 Å². The van der Waals surface area contributed by atoms with Crippen molar-refractivity contribution >= 4 is 82.5 Å². The van der Waals surface area contributed by atoms with Crippen LogP contribution in [0, 0.1) is 0 Å². The van der Waals surface area contributed by atoms with E-state index in [1.807, 2.05) is 12.1 Å². The molecule has 0 amide bonds. The highest BCUT2D eigenvalue weighted by atomic mass is 16.3. The van der Waals surface area contributed by atoms with Crippen LogP contribution < -0.4 is 4.90 Å². The van der Waals surface area contributed by atoms with Crippen molar-refractivity contribution in [2.24, 2.45) is 0 Å². The Morgan fingerprint density at radius 2 is 0.943 bits per heavy atom. The molecule has 0 N–H and O–H groups in total. The molecule has 0 aliphatic carbocycles. The first-order valence-corrected chi connectivity index (χ1v) is 18.0. The predicted molar refractivity (Wildman–Crippen MR) is 222 cm³/mol. The van der Waals surface area contributed by atoms with Crippen LogP contribution in [-0.2, 0) is 0 Å². The van der Waals surface area contributed by atoms with E-state index < -0.39 is 0 Å². The molecule has 0 spiro atoms. The zero-order chi connectivity index (χ0) is 34.9. The van der Waals surface area contributed by atoms with Gasteiger partial charge in [-0.2, -0.15) is 0 Å². The van der Waals surface area contributed by atoms with E-state index in [-0.39, 0.29) is 0 Å². The molecule has 0 saturated carbocycles. The van der Waals surface area contributed by atoms with E-state index in [9.17, 15) is 0 Å². The van der Waals surface area contributed by atoms with Crippen molar-refractivity contribution in [1.82, 2.24) is 0 Å². The van der Waals surface area contributed by atoms with Gasteiger partial charge in [-0.25, -0.2) is 0 Å². The van der Waals surface area contributed by atoms with E-state index in [1.165, 1.54) is 43.8 Å². The maximum atomic E-state index is 6.59. The smallest absolute Gasteiger partial charge is 0.147 e. The van der Waals surface area contributed by atoms with Gasteiger partial charge in [-0.3, -0.25) is 0 Å². The lowest BCUT2D eigenvalue weighted by Crippen LogP contribution is -2.10. The maximum absolute atomic E-state index is 6.59. The van der Waals surface area contributed by atoms with Crippen molar-refractivity contribution in [2.75, 3.05) is 4.90 Å². The number of hydrogen-bond acceptors (Lipinski definition) is 3. The third-order valence-electron chi connectivity index (χ3n) is 10.7. The molecular formula is C50H31NO2. The zero-order valence-electron chi connectivity index (χ0n) is 28.7. The quantitative estimate of drug-likeness (QED) is 0.170. The Morgan fingerprint density at radius 3 is 1.74 bits per heavy atom. The number of furan rings is 2. The topological polar surface area (TPSA) is 29.5 Å². The number of fused-ring (bicyclic) bond motifs is 10. The number of nitrogens with zero attached hydrogens (tertiary/aromatic N) is 1. The van der Waals surface area contributed by atoms with Gasteiger partial charge in [-0.15, -0.1) is 0 Å². The lowest BCUT2D eigenvalue weighted by atomic mass is 9.93. The lowest BCUT2D eigenvalue weighted by molar-refractivity contribution is 0.663. The Hall–Kier alpha value is -7.10. The van der Waals surface area contributed by atoms with Gasteiger partial charge in [0.05, 0.1) is 16.5 Å². The van der Waals surface area contributed by atoms with Crippen LogP contribution in [0.5, 0.6) is 0 Å². The van der Waals surface area contributed by atoms with Crippen LogP contribution >= 0.6 is 0 Å². The molecule has 0 aliphatic heterocycles. The normalized spacial score (nSPS) is 11.8. The molecule has 0 fully saturated rings. The van der Waals surface area contributed by atoms with E-state index in [0.29, 0.717) is 0 Å². The molecule has 2 aromatic heterocycles. The van der Waals surface area contributed by atoms with Gasteiger partial charge in [0.15, 0.2) is 0 Å². The maximum Gasteiger partial charge on any atom is 0.147 e. The molecule has 0 radical (unpaired) electrons. The van der Waals surface area contributed by atoms with E-state index in [0.717, 1.165) is 60.9 Å². The van der Waals surface area contributed by atoms with Crippen molar-refractivity contribution in [3.63, 3.8) is 0 Å². The van der Waals surface area contributed by atoms with Crippen LogP contribution in [0.1, 0.15) is 0 Å². The summed E-state index contributed by atoms with van der Waals surface area (Å²) in [6.07, 6.45) is 0. The second-order valence-corrected chi connectivity index (χ2v) is 13.7. The first kappa shape index (κ1) is 29.6. The summed E-state index contributed by atoms with van der Waals surface area (Å²) in [6.45, 7) is 0. The summed E-state index contributed by atoms with van der Waals surface area (Å²) < 4.78 is 13.2. The summed E-state index contributed by atoms with van der Waals surface area (Å²) in [4.78, 5) is 2.34. The van der Waals surface area contributed by atoms with Gasteiger partial charge in [0.25, 0.3) is 0 Å². The Labute approximate surface area is 305 Å². The summed E-state index contributed by atoms with van der Waals surface area (Å²) in [5.74, 6) is 0. The summed E-state index contributed by atoms with van der Waals surface area (Å²) in [5, 5.41) is 9.20. The number of anilines is 3. The highest BCUT2D eigenvalue weighted by Crippen LogP contribution is 2.47. The van der Waals surface area contributed by atoms with Gasteiger partial charge in [0, 0.05) is 22.1 Å². The largest absolute Gasteiger partial charge is 0.456 e. The first-order chi connectivity index (χ1) is 26.3. The molecular weight excluding hydrogens is 647 g/mol. The molecule has 0 unspecified atom stereocenters. The highest BCUT2D eigenvalue weighted by molar-refractivity contribution is 6.25. The van der Waals surface area contributed by atoms with Crippen LogP contribution in [-0.4, -0.2) is 0 Å².